The summed E-state index contributed by atoms with van der Waals surface area (Å²) in [5, 5.41) is 0.226. The monoisotopic (exact) mass is 481 g/mol. The Morgan fingerprint density at radius 2 is 1.76 bits per heavy atom. The molecule has 0 radical (unpaired) electrons. The molecule has 4 aromatic rings. The normalized spacial score (nSPS) is 15.1. The average Bonchev–Trinajstić information content (AvgIpc) is 3.39. The van der Waals surface area contributed by atoms with E-state index < -0.39 is 22.4 Å². The van der Waals surface area contributed by atoms with Gasteiger partial charge in [-0.1, -0.05) is 12.1 Å². The molecule has 1 saturated heterocycles. The van der Waals surface area contributed by atoms with Crippen molar-refractivity contribution in [1.29, 1.82) is 0 Å². The number of hydrogen-bond acceptors (Lipinski definition) is 8. The Balaban J connectivity index is 1.57. The lowest BCUT2D eigenvalue weighted by molar-refractivity contribution is -0.123. The number of hydrogen-bond donors (Lipinski definition) is 0. The fraction of sp³-hybridized carbons (Fsp3) is 0.125. The third-order valence-corrected chi connectivity index (χ3v) is 6.23. The number of carbonyl (C=O) groups excluding carboxylic acids is 2. The molecular weight excluding hydrogens is 465 g/mol. The maximum atomic E-state index is 13.2. The first-order chi connectivity index (χ1) is 16.4. The standard InChI is InChI=1S/C24H16FNO7S/c1-30-19-15-7-8-32-20(15)22(31-2)21-18(19)16(27)9-14(33-21)10-17-23(28)26(24(29)34-17)11-12-3-5-13(25)6-4-12/h3-10H,11H2,1-2H3/b17-10+. The highest BCUT2D eigenvalue weighted by Gasteiger charge is 2.35. The smallest absolute Gasteiger partial charge is 0.293 e. The number of nitrogens with zero attached hydrogens (tertiary/aromatic N) is 1. The summed E-state index contributed by atoms with van der Waals surface area (Å²) in [6.45, 7) is -0.00848. The van der Waals surface area contributed by atoms with Crippen molar-refractivity contribution < 1.29 is 32.3 Å². The molecule has 8 nitrogen and oxygen atoms in total. The predicted molar refractivity (Wildman–Crippen MR) is 123 cm³/mol. The van der Waals surface area contributed by atoms with Crippen LogP contribution in [0.5, 0.6) is 11.5 Å². The predicted octanol–water partition coefficient (Wildman–Crippen LogP) is 4.93. The molecule has 1 aliphatic rings. The van der Waals surface area contributed by atoms with E-state index in [1.807, 2.05) is 0 Å². The van der Waals surface area contributed by atoms with Crippen LogP contribution in [0.25, 0.3) is 28.0 Å². The van der Waals surface area contributed by atoms with Crippen molar-refractivity contribution >= 4 is 50.9 Å². The Kier molecular flexibility index (Phi) is 5.37. The van der Waals surface area contributed by atoms with Gasteiger partial charge in [-0.15, -0.1) is 0 Å². The Labute approximate surface area is 195 Å². The molecule has 2 aromatic carbocycles. The van der Waals surface area contributed by atoms with Crippen molar-refractivity contribution in [2.75, 3.05) is 14.2 Å². The van der Waals surface area contributed by atoms with Gasteiger partial charge in [0.1, 0.15) is 22.7 Å². The van der Waals surface area contributed by atoms with Crippen LogP contribution in [0.1, 0.15) is 11.3 Å². The lowest BCUT2D eigenvalue weighted by atomic mass is 10.1. The number of methoxy groups -OCH3 is 2. The molecule has 1 aliphatic heterocycles. The zero-order valence-electron chi connectivity index (χ0n) is 17.9. The average molecular weight is 481 g/mol. The number of benzene rings is 2. The van der Waals surface area contributed by atoms with Gasteiger partial charge in [-0.05, 0) is 35.5 Å². The molecule has 2 amide bonds. The molecule has 0 saturated carbocycles. The van der Waals surface area contributed by atoms with E-state index in [-0.39, 0.29) is 39.7 Å². The Morgan fingerprint density at radius 3 is 2.47 bits per heavy atom. The van der Waals surface area contributed by atoms with Gasteiger partial charge in [-0.2, -0.15) is 0 Å². The number of amides is 2. The number of rotatable bonds is 5. The van der Waals surface area contributed by atoms with Gasteiger partial charge in [0.2, 0.25) is 5.75 Å². The quantitative estimate of drug-likeness (QED) is 0.370. The number of furan rings is 1. The molecule has 10 heteroatoms. The molecule has 0 N–H and O–H groups in total. The third kappa shape index (κ3) is 3.52. The number of ether oxygens (including phenoxy) is 2. The summed E-state index contributed by atoms with van der Waals surface area (Å²) in [6.07, 6.45) is 2.77. The van der Waals surface area contributed by atoms with Gasteiger partial charge in [0.05, 0.1) is 37.3 Å². The van der Waals surface area contributed by atoms with Gasteiger partial charge in [0, 0.05) is 12.1 Å². The highest BCUT2D eigenvalue weighted by atomic mass is 32.2. The van der Waals surface area contributed by atoms with Gasteiger partial charge in [0.25, 0.3) is 11.1 Å². The van der Waals surface area contributed by atoms with Crippen LogP contribution in [0.3, 0.4) is 0 Å². The van der Waals surface area contributed by atoms with E-state index in [0.717, 1.165) is 16.7 Å². The minimum atomic E-state index is -0.548. The van der Waals surface area contributed by atoms with Gasteiger partial charge in [-0.25, -0.2) is 4.39 Å². The summed E-state index contributed by atoms with van der Waals surface area (Å²) < 4.78 is 35.5. The van der Waals surface area contributed by atoms with E-state index >= 15 is 0 Å². The number of fused-ring (bicyclic) bond motifs is 2. The van der Waals surface area contributed by atoms with Gasteiger partial charge in [0.15, 0.2) is 16.6 Å². The molecule has 2 aromatic heterocycles. The van der Waals surface area contributed by atoms with Crippen LogP contribution in [0.4, 0.5) is 9.18 Å². The fourth-order valence-corrected chi connectivity index (χ4v) is 4.61. The van der Waals surface area contributed by atoms with E-state index in [1.54, 1.807) is 6.07 Å². The fourth-order valence-electron chi connectivity index (χ4n) is 3.79. The van der Waals surface area contributed by atoms with Crippen LogP contribution >= 0.6 is 11.8 Å². The summed E-state index contributed by atoms with van der Waals surface area (Å²) in [4.78, 5) is 39.4. The molecule has 34 heavy (non-hydrogen) atoms. The van der Waals surface area contributed by atoms with Crippen molar-refractivity contribution in [2.24, 2.45) is 0 Å². The topological polar surface area (TPSA) is 99.2 Å². The molecule has 0 bridgehead atoms. The van der Waals surface area contributed by atoms with Crippen LogP contribution in [0, 0.1) is 5.82 Å². The van der Waals surface area contributed by atoms with E-state index in [1.165, 1.54) is 56.9 Å². The lowest BCUT2D eigenvalue weighted by Gasteiger charge is -2.12. The number of thioether (sulfide) groups is 1. The molecule has 3 heterocycles. The van der Waals surface area contributed by atoms with Crippen molar-refractivity contribution in [2.45, 2.75) is 6.54 Å². The molecule has 0 unspecified atom stereocenters. The molecule has 0 spiro atoms. The Hall–Kier alpha value is -4.05. The maximum absolute atomic E-state index is 13.2. The first-order valence-electron chi connectivity index (χ1n) is 10.00. The minimum absolute atomic E-state index is 0.00848. The zero-order chi connectivity index (χ0) is 24.0. The summed E-state index contributed by atoms with van der Waals surface area (Å²) in [7, 11) is 2.84. The summed E-state index contributed by atoms with van der Waals surface area (Å²) in [5.41, 5.74) is 0.607. The highest BCUT2D eigenvalue weighted by molar-refractivity contribution is 8.18. The number of carbonyl (C=O) groups is 2. The third-order valence-electron chi connectivity index (χ3n) is 5.33. The van der Waals surface area contributed by atoms with E-state index in [0.29, 0.717) is 16.5 Å². The number of imide groups is 1. The molecular formula is C24H16FNO7S. The number of halogens is 1. The summed E-state index contributed by atoms with van der Waals surface area (Å²) in [5.74, 6) is -0.431. The lowest BCUT2D eigenvalue weighted by Crippen LogP contribution is -2.27. The van der Waals surface area contributed by atoms with Crippen molar-refractivity contribution in [3.8, 4) is 11.5 Å². The second kappa shape index (κ2) is 8.38. The van der Waals surface area contributed by atoms with Gasteiger partial charge in [-0.3, -0.25) is 19.3 Å². The van der Waals surface area contributed by atoms with Crippen molar-refractivity contribution in [1.82, 2.24) is 4.90 Å². The SMILES string of the molecule is COc1c2occc2c(OC)c2c(=O)cc(/C=C3/SC(=O)N(Cc4ccc(F)cc4)C3=O)oc12. The van der Waals surface area contributed by atoms with Gasteiger partial charge >= 0.3 is 0 Å². The largest absolute Gasteiger partial charge is 0.495 e. The molecule has 172 valence electrons. The van der Waals surface area contributed by atoms with Crippen LogP contribution in [0.2, 0.25) is 0 Å². The van der Waals surface area contributed by atoms with Crippen molar-refractivity contribution in [3.63, 3.8) is 0 Å². The molecule has 0 aliphatic carbocycles. The van der Waals surface area contributed by atoms with Crippen molar-refractivity contribution in [3.05, 3.63) is 74.9 Å². The molecule has 0 atom stereocenters. The van der Waals surface area contributed by atoms with E-state index in [9.17, 15) is 18.8 Å². The Bertz CT molecular complexity index is 1550. The first kappa shape index (κ1) is 21.8. The van der Waals surface area contributed by atoms with Crippen LogP contribution in [-0.4, -0.2) is 30.3 Å². The van der Waals surface area contributed by atoms with Crippen LogP contribution < -0.4 is 14.9 Å². The summed E-state index contributed by atoms with van der Waals surface area (Å²) >= 11 is 0.720. The first-order valence-corrected chi connectivity index (χ1v) is 10.8. The van der Waals surface area contributed by atoms with Crippen LogP contribution in [-0.2, 0) is 11.3 Å². The van der Waals surface area contributed by atoms with Crippen LogP contribution in [0.15, 0.2) is 61.2 Å². The molecule has 5 rings (SSSR count). The maximum Gasteiger partial charge on any atom is 0.293 e. The highest BCUT2D eigenvalue weighted by Crippen LogP contribution is 2.42. The second-order valence-electron chi connectivity index (χ2n) is 7.34. The van der Waals surface area contributed by atoms with Gasteiger partial charge < -0.3 is 18.3 Å². The second-order valence-corrected chi connectivity index (χ2v) is 8.33. The van der Waals surface area contributed by atoms with E-state index in [4.69, 9.17) is 18.3 Å². The minimum Gasteiger partial charge on any atom is -0.495 e. The summed E-state index contributed by atoms with van der Waals surface area (Å²) in [6, 6.07) is 8.38. The van der Waals surface area contributed by atoms with E-state index in [2.05, 4.69) is 0 Å². The zero-order valence-corrected chi connectivity index (χ0v) is 18.7. The Morgan fingerprint density at radius 1 is 1.03 bits per heavy atom. The molecule has 1 fully saturated rings.